The topological polar surface area (TPSA) is 63.6 Å². The molecule has 3 aromatic rings. The number of carbonyl (C=O) groups is 2. The molecule has 0 saturated carbocycles. The maximum Gasteiger partial charge on any atom is 0.255 e. The second-order valence-corrected chi connectivity index (χ2v) is 8.52. The molecule has 1 aliphatic rings. The van der Waals surface area contributed by atoms with E-state index in [2.05, 4.69) is 23.7 Å². The van der Waals surface area contributed by atoms with Gasteiger partial charge in [0.1, 0.15) is 5.75 Å². The van der Waals surface area contributed by atoms with E-state index >= 15 is 0 Å². The first kappa shape index (κ1) is 21.7. The fraction of sp³-hybridized carbons (Fsp3) is 0.308. The number of benzene rings is 2. The first-order chi connectivity index (χ1) is 15.5. The first-order valence-electron chi connectivity index (χ1n) is 11.0. The van der Waals surface area contributed by atoms with Gasteiger partial charge in [0.25, 0.3) is 11.8 Å². The number of hydrogen-bond donors (Lipinski definition) is 1. The Morgan fingerprint density at radius 3 is 2.56 bits per heavy atom. The normalized spacial score (nSPS) is 15.6. The van der Waals surface area contributed by atoms with E-state index in [0.29, 0.717) is 36.0 Å². The zero-order valence-corrected chi connectivity index (χ0v) is 18.7. The zero-order chi connectivity index (χ0) is 22.7. The number of nitrogens with one attached hydrogen (secondary N) is 1. The Hall–Kier alpha value is -3.54. The van der Waals surface area contributed by atoms with Gasteiger partial charge in [-0.3, -0.25) is 9.59 Å². The van der Waals surface area contributed by atoms with Gasteiger partial charge < -0.3 is 19.5 Å². The van der Waals surface area contributed by atoms with Crippen molar-refractivity contribution in [2.75, 3.05) is 19.0 Å². The summed E-state index contributed by atoms with van der Waals surface area (Å²) in [5, 5.41) is 3.00. The van der Waals surface area contributed by atoms with E-state index in [1.165, 1.54) is 0 Å². The quantitative estimate of drug-likeness (QED) is 0.614. The van der Waals surface area contributed by atoms with Gasteiger partial charge in [0.15, 0.2) is 6.04 Å². The van der Waals surface area contributed by atoms with Crippen molar-refractivity contribution in [2.24, 2.45) is 5.92 Å². The van der Waals surface area contributed by atoms with Crippen molar-refractivity contribution in [3.63, 3.8) is 0 Å². The number of rotatable bonds is 6. The predicted octanol–water partition coefficient (Wildman–Crippen LogP) is 4.73. The van der Waals surface area contributed by atoms with Crippen LogP contribution in [0.4, 0.5) is 5.69 Å². The number of hydrogen-bond acceptors (Lipinski definition) is 3. The molecule has 6 nitrogen and oxygen atoms in total. The summed E-state index contributed by atoms with van der Waals surface area (Å²) in [6, 6.07) is 18.0. The van der Waals surface area contributed by atoms with Gasteiger partial charge in [-0.2, -0.15) is 0 Å². The van der Waals surface area contributed by atoms with Crippen LogP contribution in [-0.2, 0) is 11.3 Å². The van der Waals surface area contributed by atoms with Crippen molar-refractivity contribution in [1.29, 1.82) is 0 Å². The van der Waals surface area contributed by atoms with Crippen LogP contribution in [0.3, 0.4) is 0 Å². The zero-order valence-electron chi connectivity index (χ0n) is 18.7. The summed E-state index contributed by atoms with van der Waals surface area (Å²) in [7, 11) is 1.60. The Kier molecular flexibility index (Phi) is 6.30. The average Bonchev–Trinajstić information content (AvgIpc) is 3.23. The van der Waals surface area contributed by atoms with Gasteiger partial charge in [-0.25, -0.2) is 0 Å². The lowest BCUT2D eigenvalue weighted by molar-refractivity contribution is -0.121. The molecule has 2 amide bonds. The molecular formula is C26H29N3O3. The number of aromatic nitrogens is 1. The van der Waals surface area contributed by atoms with Crippen LogP contribution in [0, 0.1) is 5.92 Å². The molecule has 0 saturated heterocycles. The molecule has 4 rings (SSSR count). The van der Waals surface area contributed by atoms with Gasteiger partial charge in [0, 0.05) is 30.5 Å². The van der Waals surface area contributed by atoms with Crippen LogP contribution >= 0.6 is 0 Å². The van der Waals surface area contributed by atoms with Crippen LogP contribution in [0.15, 0.2) is 66.9 Å². The number of amides is 2. The van der Waals surface area contributed by atoms with Gasteiger partial charge in [-0.05, 0) is 60.4 Å². The molecule has 166 valence electrons. The molecule has 0 aliphatic carbocycles. The fourth-order valence-electron chi connectivity index (χ4n) is 4.09. The number of anilines is 1. The highest BCUT2D eigenvalue weighted by atomic mass is 16.5. The summed E-state index contributed by atoms with van der Waals surface area (Å²) in [5.41, 5.74) is 3.08. The second kappa shape index (κ2) is 9.30. The van der Waals surface area contributed by atoms with Crippen LogP contribution < -0.4 is 10.1 Å². The molecule has 0 spiro atoms. The predicted molar refractivity (Wildman–Crippen MR) is 125 cm³/mol. The minimum absolute atomic E-state index is 0.108. The minimum Gasteiger partial charge on any atom is -0.497 e. The highest BCUT2D eigenvalue weighted by Gasteiger charge is 2.36. The van der Waals surface area contributed by atoms with Crippen molar-refractivity contribution < 1.29 is 14.3 Å². The Labute approximate surface area is 188 Å². The number of ether oxygens (including phenoxy) is 1. The minimum atomic E-state index is -0.730. The lowest BCUT2D eigenvalue weighted by Crippen LogP contribution is -2.44. The highest BCUT2D eigenvalue weighted by Crippen LogP contribution is 2.31. The van der Waals surface area contributed by atoms with Crippen LogP contribution in [0.1, 0.15) is 47.9 Å². The summed E-state index contributed by atoms with van der Waals surface area (Å²) >= 11 is 0. The van der Waals surface area contributed by atoms with Gasteiger partial charge >= 0.3 is 0 Å². The van der Waals surface area contributed by atoms with Crippen molar-refractivity contribution in [1.82, 2.24) is 9.47 Å². The van der Waals surface area contributed by atoms with Crippen LogP contribution in [0.5, 0.6) is 5.75 Å². The maximum atomic E-state index is 13.7. The lowest BCUT2D eigenvalue weighted by Gasteiger charge is -2.34. The Bertz CT molecular complexity index is 1100. The van der Waals surface area contributed by atoms with Gasteiger partial charge in [-0.1, -0.05) is 32.0 Å². The van der Waals surface area contributed by atoms with Crippen LogP contribution in [0.25, 0.3) is 0 Å². The third kappa shape index (κ3) is 4.40. The fourth-order valence-corrected chi connectivity index (χ4v) is 4.09. The third-order valence-corrected chi connectivity index (χ3v) is 5.86. The summed E-state index contributed by atoms with van der Waals surface area (Å²) in [6.45, 7) is 5.29. The number of carbonyl (C=O) groups excluding carboxylic acids is 2. The second-order valence-electron chi connectivity index (χ2n) is 8.52. The SMILES string of the molecule is COc1ccc(NC(=O)C2c3cccn3Cc3ccccc3C(=O)N2CCC(C)C)cc1. The molecule has 6 heteroatoms. The molecule has 1 N–H and O–H groups in total. The van der Waals surface area contributed by atoms with Crippen LogP contribution in [-0.4, -0.2) is 34.9 Å². The van der Waals surface area contributed by atoms with E-state index in [1.54, 1.807) is 36.3 Å². The Morgan fingerprint density at radius 2 is 1.84 bits per heavy atom. The molecular weight excluding hydrogens is 402 g/mol. The number of methoxy groups -OCH3 is 1. The third-order valence-electron chi connectivity index (χ3n) is 5.86. The Morgan fingerprint density at radius 1 is 1.09 bits per heavy atom. The molecule has 1 aliphatic heterocycles. The van der Waals surface area contributed by atoms with E-state index in [1.807, 2.05) is 42.6 Å². The first-order valence-corrected chi connectivity index (χ1v) is 11.0. The van der Waals surface area contributed by atoms with Gasteiger partial charge in [0.05, 0.1) is 12.8 Å². The van der Waals surface area contributed by atoms with Gasteiger partial charge in [0.2, 0.25) is 0 Å². The molecule has 0 bridgehead atoms. The van der Waals surface area contributed by atoms with Crippen molar-refractivity contribution in [2.45, 2.75) is 32.9 Å². The molecule has 2 heterocycles. The number of fused-ring (bicyclic) bond motifs is 2. The monoisotopic (exact) mass is 431 g/mol. The molecule has 1 aromatic heterocycles. The van der Waals surface area contributed by atoms with Crippen molar-refractivity contribution in [3.8, 4) is 5.75 Å². The van der Waals surface area contributed by atoms with E-state index in [-0.39, 0.29) is 11.8 Å². The summed E-state index contributed by atoms with van der Waals surface area (Å²) in [4.78, 5) is 29.0. The van der Waals surface area contributed by atoms with Crippen LogP contribution in [0.2, 0.25) is 0 Å². The lowest BCUT2D eigenvalue weighted by atomic mass is 10.00. The van der Waals surface area contributed by atoms with E-state index in [4.69, 9.17) is 4.74 Å². The van der Waals surface area contributed by atoms with E-state index in [9.17, 15) is 9.59 Å². The van der Waals surface area contributed by atoms with Crippen molar-refractivity contribution >= 4 is 17.5 Å². The van der Waals surface area contributed by atoms with E-state index in [0.717, 1.165) is 17.7 Å². The largest absolute Gasteiger partial charge is 0.497 e. The maximum absolute atomic E-state index is 13.7. The smallest absolute Gasteiger partial charge is 0.255 e. The summed E-state index contributed by atoms with van der Waals surface area (Å²) in [6.07, 6.45) is 2.77. The van der Waals surface area contributed by atoms with Crippen molar-refractivity contribution in [3.05, 3.63) is 83.7 Å². The molecule has 2 aromatic carbocycles. The summed E-state index contributed by atoms with van der Waals surface area (Å²) < 4.78 is 7.27. The Balaban J connectivity index is 1.74. The average molecular weight is 432 g/mol. The molecule has 1 unspecified atom stereocenters. The molecule has 1 atom stereocenters. The molecule has 32 heavy (non-hydrogen) atoms. The number of nitrogens with zero attached hydrogens (tertiary/aromatic N) is 2. The summed E-state index contributed by atoms with van der Waals surface area (Å²) in [5.74, 6) is 0.781. The molecule has 0 radical (unpaired) electrons. The molecule has 0 fully saturated rings. The standard InChI is InChI=1S/C26H29N3O3/c1-18(2)14-16-29-24(25(30)27-20-10-12-21(32-3)13-11-20)23-9-6-15-28(23)17-19-7-4-5-8-22(19)26(29)31/h4-13,15,18,24H,14,16-17H2,1-3H3,(H,27,30). The van der Waals surface area contributed by atoms with E-state index < -0.39 is 6.04 Å². The van der Waals surface area contributed by atoms with Gasteiger partial charge in [-0.15, -0.1) is 0 Å². The highest BCUT2D eigenvalue weighted by molar-refractivity contribution is 6.02.